The highest BCUT2D eigenvalue weighted by atomic mass is 32.2. The third kappa shape index (κ3) is 4.08. The van der Waals surface area contributed by atoms with E-state index < -0.39 is 22.6 Å². The highest BCUT2D eigenvalue weighted by molar-refractivity contribution is 7.74. The lowest BCUT2D eigenvalue weighted by Crippen LogP contribution is -2.14. The fourth-order valence-electron chi connectivity index (χ4n) is 3.43. The van der Waals surface area contributed by atoms with Crippen LogP contribution in [0.25, 0.3) is 11.1 Å². The standard InChI is InChI=1S/C22H21NO6S/c1-13-9-16(10-14(2)21(13)29-3)15-5-4-6-17(11-15)23(30(27)28)18-7-8-19(22(25)26)20(24)12-18/h4-12,24,30H,1-3H3,(H,25,26). The summed E-state index contributed by atoms with van der Waals surface area (Å²) in [4.78, 5) is 11.1. The average molecular weight is 427 g/mol. The summed E-state index contributed by atoms with van der Waals surface area (Å²) < 4.78 is 30.5. The Bertz CT molecular complexity index is 1170. The molecule has 0 spiro atoms. The maximum absolute atomic E-state index is 12.0. The lowest BCUT2D eigenvalue weighted by molar-refractivity contribution is 0.0693. The van der Waals surface area contributed by atoms with Crippen molar-refractivity contribution in [3.05, 3.63) is 71.3 Å². The summed E-state index contributed by atoms with van der Waals surface area (Å²) in [5.74, 6) is -1.02. The molecule has 0 bridgehead atoms. The molecule has 156 valence electrons. The summed E-state index contributed by atoms with van der Waals surface area (Å²) in [6.45, 7) is 3.87. The van der Waals surface area contributed by atoms with Gasteiger partial charge in [-0.25, -0.2) is 17.5 Å². The summed E-state index contributed by atoms with van der Waals surface area (Å²) in [5, 5.41) is 19.0. The molecule has 0 saturated carbocycles. The molecule has 3 rings (SSSR count). The highest BCUT2D eigenvalue weighted by Gasteiger charge is 2.17. The van der Waals surface area contributed by atoms with Gasteiger partial charge in [0.1, 0.15) is 17.1 Å². The largest absolute Gasteiger partial charge is 0.507 e. The number of thiol groups is 1. The first kappa shape index (κ1) is 21.2. The summed E-state index contributed by atoms with van der Waals surface area (Å²) >= 11 is 0. The first-order valence-corrected chi connectivity index (χ1v) is 10.1. The average Bonchev–Trinajstić information content (AvgIpc) is 2.67. The fraction of sp³-hybridized carbons (Fsp3) is 0.136. The van der Waals surface area contributed by atoms with E-state index in [0.717, 1.165) is 38.4 Å². The van der Waals surface area contributed by atoms with Crippen molar-refractivity contribution in [1.29, 1.82) is 0 Å². The van der Waals surface area contributed by atoms with Gasteiger partial charge in [-0.3, -0.25) is 0 Å². The topological polar surface area (TPSA) is 104 Å². The molecule has 0 amide bonds. The Hall–Kier alpha value is -3.52. The van der Waals surface area contributed by atoms with Crippen LogP contribution in [0.3, 0.4) is 0 Å². The molecular formula is C22H21NO6S. The number of hydrogen-bond acceptors (Lipinski definition) is 5. The number of nitrogens with zero attached hydrogens (tertiary/aromatic N) is 1. The van der Waals surface area contributed by atoms with Gasteiger partial charge in [0.05, 0.1) is 18.5 Å². The molecule has 0 aliphatic heterocycles. The third-order valence-electron chi connectivity index (χ3n) is 4.71. The molecule has 0 aromatic heterocycles. The molecule has 0 atom stereocenters. The Morgan fingerprint density at radius 2 is 1.57 bits per heavy atom. The number of rotatable bonds is 6. The number of aromatic carboxylic acids is 1. The van der Waals surface area contributed by atoms with Gasteiger partial charge in [-0.15, -0.1) is 0 Å². The van der Waals surface area contributed by atoms with Crippen molar-refractivity contribution < 1.29 is 28.2 Å². The van der Waals surface area contributed by atoms with Crippen molar-refractivity contribution in [2.24, 2.45) is 0 Å². The monoisotopic (exact) mass is 427 g/mol. The number of anilines is 2. The third-order valence-corrected chi connectivity index (χ3v) is 5.50. The van der Waals surface area contributed by atoms with Crippen LogP contribution in [0.4, 0.5) is 11.4 Å². The van der Waals surface area contributed by atoms with Crippen LogP contribution >= 0.6 is 0 Å². The van der Waals surface area contributed by atoms with Crippen molar-refractivity contribution in [2.45, 2.75) is 13.8 Å². The van der Waals surface area contributed by atoms with Crippen molar-refractivity contribution in [2.75, 3.05) is 11.4 Å². The number of phenols is 1. The molecule has 0 heterocycles. The Morgan fingerprint density at radius 1 is 0.933 bits per heavy atom. The predicted molar refractivity (Wildman–Crippen MR) is 115 cm³/mol. The van der Waals surface area contributed by atoms with Gasteiger partial charge in [-0.2, -0.15) is 0 Å². The molecule has 3 aromatic carbocycles. The highest BCUT2D eigenvalue weighted by Crippen LogP contribution is 2.35. The van der Waals surface area contributed by atoms with Crippen LogP contribution in [0.5, 0.6) is 11.5 Å². The van der Waals surface area contributed by atoms with Gasteiger partial charge in [0.2, 0.25) is 10.9 Å². The van der Waals surface area contributed by atoms with Gasteiger partial charge < -0.3 is 14.9 Å². The lowest BCUT2D eigenvalue weighted by atomic mass is 9.99. The molecule has 8 heteroatoms. The number of methoxy groups -OCH3 is 1. The van der Waals surface area contributed by atoms with Crippen LogP contribution < -0.4 is 9.04 Å². The van der Waals surface area contributed by atoms with Crippen molar-refractivity contribution in [3.8, 4) is 22.6 Å². The van der Waals surface area contributed by atoms with Crippen LogP contribution in [0.2, 0.25) is 0 Å². The number of carboxylic acids is 1. The molecule has 0 fully saturated rings. The minimum atomic E-state index is -3.10. The fourth-order valence-corrected chi connectivity index (χ4v) is 4.05. The number of carboxylic acid groups (broad SMARTS) is 1. The lowest BCUT2D eigenvalue weighted by Gasteiger charge is -2.19. The van der Waals surface area contributed by atoms with Gasteiger partial charge in [-0.1, -0.05) is 12.1 Å². The molecule has 0 saturated heterocycles. The molecule has 2 N–H and O–H groups in total. The van der Waals surface area contributed by atoms with Crippen LogP contribution in [0.1, 0.15) is 21.5 Å². The molecule has 0 aliphatic rings. The van der Waals surface area contributed by atoms with Gasteiger partial charge in [0.15, 0.2) is 0 Å². The SMILES string of the molecule is COc1c(C)cc(-c2cccc(N(c3ccc(C(=O)O)c(O)c3)[SH](=O)=O)c2)cc1C. The Labute approximate surface area is 175 Å². The number of aromatic hydroxyl groups is 1. The summed E-state index contributed by atoms with van der Waals surface area (Å²) in [5.41, 5.74) is 3.80. The zero-order chi connectivity index (χ0) is 22.0. The quantitative estimate of drug-likeness (QED) is 0.513. The van der Waals surface area contributed by atoms with Crippen molar-refractivity contribution in [3.63, 3.8) is 0 Å². The van der Waals surface area contributed by atoms with E-state index in [-0.39, 0.29) is 11.3 Å². The molecule has 0 unspecified atom stereocenters. The molecule has 0 aliphatic carbocycles. The summed E-state index contributed by atoms with van der Waals surface area (Å²) in [6, 6.07) is 14.5. The maximum atomic E-state index is 12.0. The maximum Gasteiger partial charge on any atom is 0.339 e. The van der Waals surface area contributed by atoms with Crippen LogP contribution in [0.15, 0.2) is 54.6 Å². The van der Waals surface area contributed by atoms with E-state index in [9.17, 15) is 18.3 Å². The summed E-state index contributed by atoms with van der Waals surface area (Å²) in [7, 11) is -1.49. The van der Waals surface area contributed by atoms with Crippen molar-refractivity contribution in [1.82, 2.24) is 0 Å². The van der Waals surface area contributed by atoms with Gasteiger partial charge in [0.25, 0.3) is 0 Å². The van der Waals surface area contributed by atoms with E-state index >= 15 is 0 Å². The number of aryl methyl sites for hydroxylation is 2. The zero-order valence-electron chi connectivity index (χ0n) is 16.6. The van der Waals surface area contributed by atoms with E-state index in [1.165, 1.54) is 12.1 Å². The zero-order valence-corrected chi connectivity index (χ0v) is 17.5. The number of carbonyl (C=O) groups is 1. The molecular weight excluding hydrogens is 406 g/mol. The smallest absolute Gasteiger partial charge is 0.339 e. The van der Waals surface area contributed by atoms with E-state index in [2.05, 4.69) is 0 Å². The second kappa shape index (κ2) is 8.46. The minimum absolute atomic E-state index is 0.132. The first-order valence-electron chi connectivity index (χ1n) is 8.99. The molecule has 30 heavy (non-hydrogen) atoms. The number of benzene rings is 3. The Kier molecular flexibility index (Phi) is 5.98. The minimum Gasteiger partial charge on any atom is -0.507 e. The van der Waals surface area contributed by atoms with Crippen LogP contribution in [0, 0.1) is 13.8 Å². The molecule has 0 radical (unpaired) electrons. The van der Waals surface area contributed by atoms with Gasteiger partial charge >= 0.3 is 5.97 Å². The second-order valence-corrected chi connectivity index (χ2v) is 7.63. The van der Waals surface area contributed by atoms with Crippen LogP contribution in [-0.2, 0) is 10.9 Å². The number of hydrogen-bond donors (Lipinski definition) is 3. The molecule has 3 aromatic rings. The van der Waals surface area contributed by atoms with E-state index in [1.807, 2.05) is 32.0 Å². The normalized spacial score (nSPS) is 10.8. The van der Waals surface area contributed by atoms with Gasteiger partial charge in [0, 0.05) is 6.07 Å². The van der Waals surface area contributed by atoms with Gasteiger partial charge in [-0.05, 0) is 72.5 Å². The van der Waals surface area contributed by atoms with E-state index in [1.54, 1.807) is 25.3 Å². The second-order valence-electron chi connectivity index (χ2n) is 6.75. The van der Waals surface area contributed by atoms with E-state index in [0.29, 0.717) is 5.69 Å². The molecule has 7 nitrogen and oxygen atoms in total. The summed E-state index contributed by atoms with van der Waals surface area (Å²) in [6.07, 6.45) is 0. The van der Waals surface area contributed by atoms with Crippen LogP contribution in [-0.4, -0.2) is 31.7 Å². The van der Waals surface area contributed by atoms with E-state index in [4.69, 9.17) is 9.84 Å². The first-order chi connectivity index (χ1) is 14.2. The predicted octanol–water partition coefficient (Wildman–Crippen LogP) is 4.05. The van der Waals surface area contributed by atoms with Crippen molar-refractivity contribution >= 4 is 28.2 Å². The number of ether oxygens (including phenoxy) is 1. The Morgan fingerprint density at radius 3 is 2.10 bits per heavy atom. The Balaban J connectivity index is 2.09.